The van der Waals surface area contributed by atoms with E-state index >= 15 is 8.78 Å². The standard InChI is InChI=1S/C35H46F2N6O8S/c1-20-29(39-25-11-8-7-10-24(25)38-20)51-22-16-27-28(44)40-35(31(46)41-52(49,50)23-13-14-23)18-21(35)17-34(36,37)15-9-5-6-12-26(30(45)42(27)19-22)43(32(47)48)33(2,3)4/h7-8,10-11,21-23,26-27H,5-6,9,12-19H2,1-4H3,(H,40,44)(H,41,46)(H,47,48)/t21-,22-,26+,27+,35-/m1/s1. The van der Waals surface area contributed by atoms with Gasteiger partial charge < -0.3 is 20.1 Å². The van der Waals surface area contributed by atoms with Gasteiger partial charge in [-0.3, -0.25) is 24.0 Å². The van der Waals surface area contributed by atoms with Crippen LogP contribution in [-0.4, -0.2) is 104 Å². The maximum Gasteiger partial charge on any atom is 0.408 e. The van der Waals surface area contributed by atoms with Crippen molar-refractivity contribution in [1.29, 1.82) is 0 Å². The fraction of sp³-hybridized carbons (Fsp3) is 0.657. The summed E-state index contributed by atoms with van der Waals surface area (Å²) in [6.07, 6.45) is -2.46. The Hall–Kier alpha value is -4.15. The maximum absolute atomic E-state index is 15.3. The molecule has 1 aromatic carbocycles. The van der Waals surface area contributed by atoms with Crippen LogP contribution in [0.3, 0.4) is 0 Å². The molecule has 4 aliphatic rings. The molecule has 0 bridgehead atoms. The van der Waals surface area contributed by atoms with Crippen molar-refractivity contribution in [1.82, 2.24) is 29.8 Å². The molecule has 14 nitrogen and oxygen atoms in total. The van der Waals surface area contributed by atoms with Crippen molar-refractivity contribution < 1.29 is 46.2 Å². The van der Waals surface area contributed by atoms with Gasteiger partial charge in [0, 0.05) is 24.8 Å². The number of nitrogens with zero attached hydrogens (tertiary/aromatic N) is 4. The second-order valence-electron chi connectivity index (χ2n) is 15.6. The third-order valence-corrected chi connectivity index (χ3v) is 12.3. The molecule has 52 heavy (non-hydrogen) atoms. The van der Waals surface area contributed by atoms with Crippen molar-refractivity contribution in [3.63, 3.8) is 0 Å². The highest BCUT2D eigenvalue weighted by molar-refractivity contribution is 7.91. The number of hydrogen-bond donors (Lipinski definition) is 3. The van der Waals surface area contributed by atoms with E-state index in [1.165, 1.54) is 4.90 Å². The molecule has 0 radical (unpaired) electrons. The number of hydrogen-bond acceptors (Lipinski definition) is 9. The van der Waals surface area contributed by atoms with Gasteiger partial charge in [-0.2, -0.15) is 0 Å². The number of fused-ring (bicyclic) bond motifs is 3. The van der Waals surface area contributed by atoms with Crippen molar-refractivity contribution in [3.8, 4) is 5.88 Å². The van der Waals surface area contributed by atoms with E-state index in [9.17, 15) is 32.7 Å². The molecule has 2 aliphatic heterocycles. The lowest BCUT2D eigenvalue weighted by Gasteiger charge is -2.41. The molecule has 2 saturated carbocycles. The summed E-state index contributed by atoms with van der Waals surface area (Å²) in [4.78, 5) is 66.6. The second kappa shape index (κ2) is 13.7. The van der Waals surface area contributed by atoms with E-state index < -0.39 is 93.0 Å². The number of nitrogens with one attached hydrogen (secondary N) is 2. The summed E-state index contributed by atoms with van der Waals surface area (Å²) in [7, 11) is -4.08. The second-order valence-corrected chi connectivity index (χ2v) is 17.6. The normalized spacial score (nSPS) is 28.5. The van der Waals surface area contributed by atoms with Gasteiger partial charge in [0.05, 0.1) is 22.8 Å². The predicted molar refractivity (Wildman–Crippen MR) is 184 cm³/mol. The number of amides is 4. The molecule has 5 atom stereocenters. The first-order chi connectivity index (χ1) is 24.3. The molecule has 1 aromatic heterocycles. The largest absolute Gasteiger partial charge is 0.471 e. The van der Waals surface area contributed by atoms with Crippen LogP contribution in [0.1, 0.15) is 90.7 Å². The van der Waals surface area contributed by atoms with Gasteiger partial charge in [0.1, 0.15) is 29.4 Å². The first-order valence-electron chi connectivity index (χ1n) is 17.8. The number of carbonyl (C=O) groups is 4. The van der Waals surface area contributed by atoms with Crippen LogP contribution in [0.4, 0.5) is 13.6 Å². The van der Waals surface area contributed by atoms with Crippen molar-refractivity contribution in [3.05, 3.63) is 30.0 Å². The monoisotopic (exact) mass is 748 g/mol. The predicted octanol–water partition coefficient (Wildman–Crippen LogP) is 3.91. The minimum Gasteiger partial charge on any atom is -0.471 e. The average molecular weight is 749 g/mol. The molecule has 2 aromatic rings. The fourth-order valence-corrected chi connectivity index (χ4v) is 8.93. The SMILES string of the molecule is Cc1nc2ccccc2nc1O[C@@H]1C[C@H]2C(=O)N[C@]3(C(=O)NS(=O)(=O)C4CC4)C[C@H]3CC(F)(F)CCCCC[C@H](N(C(=O)O)C(C)(C)C)C(=O)N2C1. The van der Waals surface area contributed by atoms with E-state index in [-0.39, 0.29) is 50.9 Å². The molecule has 3 heterocycles. The summed E-state index contributed by atoms with van der Waals surface area (Å²) >= 11 is 0. The minimum absolute atomic E-state index is 0.0214. The molecule has 3 N–H and O–H groups in total. The molecular weight excluding hydrogens is 702 g/mol. The highest BCUT2D eigenvalue weighted by Gasteiger charge is 2.65. The Morgan fingerprint density at radius 1 is 1.06 bits per heavy atom. The molecule has 17 heteroatoms. The number of sulfonamides is 1. The van der Waals surface area contributed by atoms with Gasteiger partial charge in [-0.25, -0.2) is 32.0 Å². The van der Waals surface area contributed by atoms with Crippen LogP contribution < -0.4 is 14.8 Å². The molecule has 2 saturated heterocycles. The van der Waals surface area contributed by atoms with Crippen LogP contribution in [0, 0.1) is 12.8 Å². The van der Waals surface area contributed by atoms with Gasteiger partial charge in [0.15, 0.2) is 0 Å². The third-order valence-electron chi connectivity index (χ3n) is 10.5. The zero-order valence-electron chi connectivity index (χ0n) is 29.7. The Morgan fingerprint density at radius 2 is 1.73 bits per heavy atom. The van der Waals surface area contributed by atoms with Crippen molar-refractivity contribution in [2.45, 2.75) is 132 Å². The lowest BCUT2D eigenvalue weighted by atomic mass is 9.97. The number of aryl methyl sites for hydroxylation is 1. The number of rotatable bonds is 6. The van der Waals surface area contributed by atoms with Gasteiger partial charge >= 0.3 is 6.09 Å². The number of aromatic nitrogens is 2. The molecule has 0 spiro atoms. The first-order valence-corrected chi connectivity index (χ1v) is 19.3. The van der Waals surface area contributed by atoms with E-state index in [1.54, 1.807) is 45.9 Å². The zero-order chi connectivity index (χ0) is 37.8. The number of carboxylic acid groups (broad SMARTS) is 1. The number of carbonyl (C=O) groups excluding carboxylic acids is 3. The molecule has 2 aliphatic carbocycles. The van der Waals surface area contributed by atoms with Crippen LogP contribution >= 0.6 is 0 Å². The van der Waals surface area contributed by atoms with Crippen molar-refractivity contribution >= 4 is 44.9 Å². The Kier molecular flexibility index (Phi) is 9.89. The van der Waals surface area contributed by atoms with Crippen molar-refractivity contribution in [2.24, 2.45) is 5.92 Å². The summed E-state index contributed by atoms with van der Waals surface area (Å²) in [5.41, 5.74) is -1.36. The van der Waals surface area contributed by atoms with Crippen LogP contribution in [0.25, 0.3) is 11.0 Å². The fourth-order valence-electron chi connectivity index (χ4n) is 7.57. The van der Waals surface area contributed by atoms with Gasteiger partial charge in [-0.1, -0.05) is 25.0 Å². The van der Waals surface area contributed by atoms with Crippen LogP contribution in [0.2, 0.25) is 0 Å². The summed E-state index contributed by atoms with van der Waals surface area (Å²) in [5.74, 6) is -6.74. The Bertz CT molecular complexity index is 1870. The van der Waals surface area contributed by atoms with Crippen LogP contribution in [0.15, 0.2) is 24.3 Å². The lowest BCUT2D eigenvalue weighted by Crippen LogP contribution is -2.61. The number of para-hydroxylation sites is 2. The van der Waals surface area contributed by atoms with E-state index in [0.29, 0.717) is 29.6 Å². The molecule has 4 amide bonds. The Balaban J connectivity index is 1.36. The molecule has 0 unspecified atom stereocenters. The van der Waals surface area contributed by atoms with Gasteiger partial charge in [0.2, 0.25) is 33.6 Å². The Labute approximate surface area is 301 Å². The quantitative estimate of drug-likeness (QED) is 0.391. The topological polar surface area (TPSA) is 188 Å². The smallest absolute Gasteiger partial charge is 0.408 e. The number of ether oxygens (including phenoxy) is 1. The van der Waals surface area contributed by atoms with Crippen LogP contribution in [0.5, 0.6) is 5.88 Å². The summed E-state index contributed by atoms with van der Waals surface area (Å²) < 4.78 is 64.5. The average Bonchev–Trinajstić information content (AvgIpc) is 3.96. The number of halogens is 2. The molecular formula is C35H46F2N6O8S. The van der Waals surface area contributed by atoms with E-state index in [0.717, 1.165) is 4.90 Å². The van der Waals surface area contributed by atoms with Gasteiger partial charge in [-0.05, 0) is 77.8 Å². The maximum atomic E-state index is 15.3. The molecule has 6 rings (SSSR count). The lowest BCUT2D eigenvalue weighted by molar-refractivity contribution is -0.144. The van der Waals surface area contributed by atoms with E-state index in [1.807, 2.05) is 10.8 Å². The Morgan fingerprint density at radius 3 is 2.37 bits per heavy atom. The highest BCUT2D eigenvalue weighted by atomic mass is 32.2. The van der Waals surface area contributed by atoms with E-state index in [4.69, 9.17) is 4.74 Å². The summed E-state index contributed by atoms with van der Waals surface area (Å²) in [6, 6.07) is 4.57. The minimum atomic E-state index is -4.08. The number of alkyl halides is 2. The third kappa shape index (κ3) is 7.78. The number of benzene rings is 1. The van der Waals surface area contributed by atoms with Gasteiger partial charge in [-0.15, -0.1) is 0 Å². The van der Waals surface area contributed by atoms with Crippen LogP contribution in [-0.2, 0) is 24.4 Å². The molecule has 4 fully saturated rings. The first kappa shape index (κ1) is 37.6. The zero-order valence-corrected chi connectivity index (χ0v) is 30.5. The van der Waals surface area contributed by atoms with E-state index in [2.05, 4.69) is 15.3 Å². The summed E-state index contributed by atoms with van der Waals surface area (Å²) in [6.45, 7) is 6.45. The molecule has 284 valence electrons. The summed E-state index contributed by atoms with van der Waals surface area (Å²) in [5, 5.41) is 12.2. The van der Waals surface area contributed by atoms with Gasteiger partial charge in [0.25, 0.3) is 5.91 Å². The van der Waals surface area contributed by atoms with Crippen molar-refractivity contribution in [2.75, 3.05) is 6.54 Å². The highest BCUT2D eigenvalue weighted by Crippen LogP contribution is 2.51.